The summed E-state index contributed by atoms with van der Waals surface area (Å²) in [4.78, 5) is 9.32. The Balaban J connectivity index is 1.69. The Morgan fingerprint density at radius 2 is 1.67 bits per heavy atom. The lowest BCUT2D eigenvalue weighted by molar-refractivity contribution is 0.174. The average Bonchev–Trinajstić information content (AvgIpc) is 3.08. The second-order valence-electron chi connectivity index (χ2n) is 7.40. The van der Waals surface area contributed by atoms with Gasteiger partial charge in [-0.25, -0.2) is 4.98 Å². The highest BCUT2D eigenvalue weighted by molar-refractivity contribution is 5.67. The smallest absolute Gasteiger partial charge is 0.231 e. The third-order valence-corrected chi connectivity index (χ3v) is 3.93. The molecular formula is C21H22N4O2. The Labute approximate surface area is 158 Å². The molecule has 138 valence electrons. The van der Waals surface area contributed by atoms with Gasteiger partial charge < -0.3 is 20.1 Å². The highest BCUT2D eigenvalue weighted by Gasteiger charge is 2.16. The van der Waals surface area contributed by atoms with Crippen LogP contribution >= 0.6 is 0 Å². The molecule has 2 aromatic carbocycles. The van der Waals surface area contributed by atoms with Gasteiger partial charge in [-0.1, -0.05) is 30.3 Å². The molecule has 0 atom stereocenters. The lowest BCUT2D eigenvalue weighted by Gasteiger charge is -2.22. The van der Waals surface area contributed by atoms with E-state index in [1.165, 1.54) is 0 Å². The zero-order valence-corrected chi connectivity index (χ0v) is 15.6. The second kappa shape index (κ2) is 6.79. The fourth-order valence-corrected chi connectivity index (χ4v) is 2.81. The van der Waals surface area contributed by atoms with Crippen molar-refractivity contribution in [2.75, 3.05) is 17.4 Å². The van der Waals surface area contributed by atoms with Gasteiger partial charge in [0.25, 0.3) is 0 Å². The van der Waals surface area contributed by atoms with Crippen molar-refractivity contribution >= 4 is 17.5 Å². The molecule has 4 rings (SSSR count). The molecule has 0 fully saturated rings. The molecule has 27 heavy (non-hydrogen) atoms. The Kier molecular flexibility index (Phi) is 4.32. The van der Waals surface area contributed by atoms with E-state index >= 15 is 0 Å². The summed E-state index contributed by atoms with van der Waals surface area (Å²) in [5, 5.41) is 6.70. The maximum Gasteiger partial charge on any atom is 0.231 e. The summed E-state index contributed by atoms with van der Waals surface area (Å²) in [7, 11) is 0. The number of nitrogens with zero attached hydrogens (tertiary/aromatic N) is 2. The topological polar surface area (TPSA) is 68.3 Å². The maximum atomic E-state index is 5.44. The molecule has 0 aliphatic carbocycles. The summed E-state index contributed by atoms with van der Waals surface area (Å²) < 4.78 is 10.8. The van der Waals surface area contributed by atoms with Crippen molar-refractivity contribution in [2.24, 2.45) is 0 Å². The summed E-state index contributed by atoms with van der Waals surface area (Å²) >= 11 is 0. The van der Waals surface area contributed by atoms with Gasteiger partial charge in [0.2, 0.25) is 12.7 Å². The molecule has 1 aromatic heterocycles. The number of hydrogen-bond donors (Lipinski definition) is 2. The number of hydrogen-bond acceptors (Lipinski definition) is 6. The van der Waals surface area contributed by atoms with Crippen LogP contribution < -0.4 is 20.1 Å². The SMILES string of the molecule is CC(C)(C)Nc1cc(-c2ccccc2)nc(Nc2ccc3c(c2)OCO3)n1. The van der Waals surface area contributed by atoms with E-state index in [0.717, 1.165) is 28.5 Å². The minimum atomic E-state index is -0.113. The highest BCUT2D eigenvalue weighted by Crippen LogP contribution is 2.35. The summed E-state index contributed by atoms with van der Waals surface area (Å²) in [5.41, 5.74) is 2.61. The molecule has 0 spiro atoms. The van der Waals surface area contributed by atoms with E-state index in [0.29, 0.717) is 11.7 Å². The van der Waals surface area contributed by atoms with Crippen LogP contribution in [0.15, 0.2) is 54.6 Å². The highest BCUT2D eigenvalue weighted by atomic mass is 16.7. The van der Waals surface area contributed by atoms with Crippen molar-refractivity contribution in [3.63, 3.8) is 0 Å². The lowest BCUT2D eigenvalue weighted by Crippen LogP contribution is -2.26. The van der Waals surface area contributed by atoms with Gasteiger partial charge in [-0.2, -0.15) is 4.98 Å². The van der Waals surface area contributed by atoms with E-state index in [1.807, 2.05) is 54.6 Å². The minimum Gasteiger partial charge on any atom is -0.454 e. The number of nitrogens with one attached hydrogen (secondary N) is 2. The van der Waals surface area contributed by atoms with Gasteiger partial charge in [0.05, 0.1) is 5.69 Å². The molecule has 2 N–H and O–H groups in total. The van der Waals surface area contributed by atoms with E-state index in [2.05, 4.69) is 41.4 Å². The van der Waals surface area contributed by atoms with Crippen LogP contribution in [0.3, 0.4) is 0 Å². The number of fused-ring (bicyclic) bond motifs is 1. The first-order valence-corrected chi connectivity index (χ1v) is 8.86. The van der Waals surface area contributed by atoms with Crippen molar-refractivity contribution < 1.29 is 9.47 Å². The van der Waals surface area contributed by atoms with Crippen LogP contribution in [0.25, 0.3) is 11.3 Å². The standard InChI is InChI=1S/C21H22N4O2/c1-21(2,3)25-19-12-16(14-7-5-4-6-8-14)23-20(24-19)22-15-9-10-17-18(11-15)27-13-26-17/h4-12H,13H2,1-3H3,(H2,22,23,24,25). The fraction of sp³-hybridized carbons (Fsp3) is 0.238. The van der Waals surface area contributed by atoms with Crippen LogP contribution in [0.5, 0.6) is 11.5 Å². The predicted octanol–water partition coefficient (Wildman–Crippen LogP) is 4.83. The van der Waals surface area contributed by atoms with Crippen LogP contribution in [0.1, 0.15) is 20.8 Å². The third-order valence-electron chi connectivity index (χ3n) is 3.93. The van der Waals surface area contributed by atoms with Crippen molar-refractivity contribution in [3.8, 4) is 22.8 Å². The molecule has 3 aromatic rings. The lowest BCUT2D eigenvalue weighted by atomic mass is 10.1. The molecular weight excluding hydrogens is 340 g/mol. The molecule has 0 amide bonds. The molecule has 6 nitrogen and oxygen atoms in total. The summed E-state index contributed by atoms with van der Waals surface area (Å²) in [6.07, 6.45) is 0. The quantitative estimate of drug-likeness (QED) is 0.693. The monoisotopic (exact) mass is 362 g/mol. The van der Waals surface area contributed by atoms with Crippen molar-refractivity contribution in [3.05, 3.63) is 54.6 Å². The largest absolute Gasteiger partial charge is 0.454 e. The molecule has 1 aliphatic heterocycles. The van der Waals surface area contributed by atoms with Gasteiger partial charge in [0, 0.05) is 28.9 Å². The van der Waals surface area contributed by atoms with Crippen molar-refractivity contribution in [1.82, 2.24) is 9.97 Å². The maximum absolute atomic E-state index is 5.44. The number of ether oxygens (including phenoxy) is 2. The molecule has 6 heteroatoms. The molecule has 0 saturated heterocycles. The molecule has 0 bridgehead atoms. The number of benzene rings is 2. The normalized spacial score (nSPS) is 12.7. The van der Waals surface area contributed by atoms with Crippen LogP contribution in [0, 0.1) is 0 Å². The Bertz CT molecular complexity index is 952. The van der Waals surface area contributed by atoms with Gasteiger partial charge in [-0.05, 0) is 32.9 Å². The van der Waals surface area contributed by atoms with Gasteiger partial charge in [-0.15, -0.1) is 0 Å². The Hall–Kier alpha value is -3.28. The first-order chi connectivity index (χ1) is 13.0. The molecule has 0 radical (unpaired) electrons. The minimum absolute atomic E-state index is 0.113. The zero-order chi connectivity index (χ0) is 18.9. The predicted molar refractivity (Wildman–Crippen MR) is 107 cm³/mol. The number of anilines is 3. The summed E-state index contributed by atoms with van der Waals surface area (Å²) in [5.74, 6) is 2.74. The fourth-order valence-electron chi connectivity index (χ4n) is 2.81. The van der Waals surface area contributed by atoms with Crippen molar-refractivity contribution in [1.29, 1.82) is 0 Å². The van der Waals surface area contributed by atoms with E-state index in [1.54, 1.807) is 0 Å². The van der Waals surface area contributed by atoms with Crippen molar-refractivity contribution in [2.45, 2.75) is 26.3 Å². The number of aromatic nitrogens is 2. The zero-order valence-electron chi connectivity index (χ0n) is 15.6. The molecule has 0 saturated carbocycles. The van der Waals surface area contributed by atoms with Gasteiger partial charge in [0.1, 0.15) is 5.82 Å². The van der Waals surface area contributed by atoms with Gasteiger partial charge in [0.15, 0.2) is 11.5 Å². The average molecular weight is 362 g/mol. The third kappa shape index (κ3) is 4.11. The van der Waals surface area contributed by atoms with Crippen LogP contribution in [-0.4, -0.2) is 22.3 Å². The first-order valence-electron chi connectivity index (χ1n) is 8.86. The summed E-state index contributed by atoms with van der Waals surface area (Å²) in [6, 6.07) is 17.7. The molecule has 0 unspecified atom stereocenters. The van der Waals surface area contributed by atoms with E-state index < -0.39 is 0 Å². The summed E-state index contributed by atoms with van der Waals surface area (Å²) in [6.45, 7) is 6.55. The van der Waals surface area contributed by atoms with Crippen LogP contribution in [-0.2, 0) is 0 Å². The first kappa shape index (κ1) is 17.1. The van der Waals surface area contributed by atoms with E-state index in [9.17, 15) is 0 Å². The number of rotatable bonds is 4. The second-order valence-corrected chi connectivity index (χ2v) is 7.40. The molecule has 2 heterocycles. The Morgan fingerprint density at radius 1 is 0.889 bits per heavy atom. The van der Waals surface area contributed by atoms with Crippen LogP contribution in [0.2, 0.25) is 0 Å². The van der Waals surface area contributed by atoms with Gasteiger partial charge >= 0.3 is 0 Å². The Morgan fingerprint density at radius 3 is 2.44 bits per heavy atom. The molecule has 1 aliphatic rings. The van der Waals surface area contributed by atoms with E-state index in [4.69, 9.17) is 9.47 Å². The van der Waals surface area contributed by atoms with E-state index in [-0.39, 0.29) is 12.3 Å². The van der Waals surface area contributed by atoms with Gasteiger partial charge in [-0.3, -0.25) is 0 Å². The van der Waals surface area contributed by atoms with Crippen LogP contribution in [0.4, 0.5) is 17.5 Å².